The van der Waals surface area contributed by atoms with Gasteiger partial charge in [-0.25, -0.2) is 9.97 Å². The van der Waals surface area contributed by atoms with Crippen LogP contribution in [0.1, 0.15) is 16.1 Å². The van der Waals surface area contributed by atoms with Gasteiger partial charge in [-0.05, 0) is 50.8 Å². The number of amides is 1. The number of carbonyl (C=O) groups is 1. The number of nitrogens with zero attached hydrogens (tertiary/aromatic N) is 4. The maximum atomic E-state index is 12.7. The Morgan fingerprint density at radius 2 is 1.96 bits per heavy atom. The van der Waals surface area contributed by atoms with Crippen molar-refractivity contribution < 1.29 is 9.90 Å². The predicted octanol–water partition coefficient (Wildman–Crippen LogP) is 2.58. The topological polar surface area (TPSA) is 83.3 Å². The van der Waals surface area contributed by atoms with Crippen molar-refractivity contribution in [3.05, 3.63) is 41.9 Å². The number of nitrogens with one attached hydrogen (secondary N) is 1. The second-order valence-electron chi connectivity index (χ2n) is 7.34. The van der Waals surface area contributed by atoms with Gasteiger partial charge in [0.15, 0.2) is 0 Å². The highest BCUT2D eigenvalue weighted by Gasteiger charge is 2.19. The minimum Gasteiger partial charge on any atom is -0.508 e. The number of phenols is 1. The number of likely N-dealkylation sites (N-methyl/N-ethyl adjacent to an activating group) is 1. The van der Waals surface area contributed by atoms with Crippen molar-refractivity contribution in [2.45, 2.75) is 6.92 Å². The molecular formula is C21H23N5O2. The summed E-state index contributed by atoms with van der Waals surface area (Å²) in [6.45, 7) is 3.30. The number of hydrogen-bond acceptors (Lipinski definition) is 5. The SMILES string of the molecule is Cc1c2ncnc(C(=O)NCCN(C)C)c2cc2c3cc(O)ccc3n(C)c12. The third-order valence-corrected chi connectivity index (χ3v) is 5.16. The van der Waals surface area contributed by atoms with Crippen LogP contribution in [0.5, 0.6) is 5.75 Å². The van der Waals surface area contributed by atoms with E-state index in [-0.39, 0.29) is 11.7 Å². The molecule has 7 nitrogen and oxygen atoms in total. The van der Waals surface area contributed by atoms with E-state index < -0.39 is 0 Å². The number of aromatic hydroxyl groups is 1. The second kappa shape index (κ2) is 6.76. The van der Waals surface area contributed by atoms with Gasteiger partial charge in [0.25, 0.3) is 5.91 Å². The van der Waals surface area contributed by atoms with Crippen molar-refractivity contribution in [2.75, 3.05) is 27.2 Å². The Balaban J connectivity index is 1.94. The molecule has 0 aliphatic carbocycles. The molecule has 7 heteroatoms. The lowest BCUT2D eigenvalue weighted by molar-refractivity contribution is 0.0948. The Morgan fingerprint density at radius 1 is 1.18 bits per heavy atom. The van der Waals surface area contributed by atoms with Gasteiger partial charge in [0.05, 0.1) is 11.0 Å². The molecule has 0 saturated carbocycles. The summed E-state index contributed by atoms with van der Waals surface area (Å²) in [5.74, 6) is -0.000187. The molecule has 0 bridgehead atoms. The highest BCUT2D eigenvalue weighted by Crippen LogP contribution is 2.36. The fraction of sp³-hybridized carbons (Fsp3) is 0.286. The smallest absolute Gasteiger partial charge is 0.270 e. The van der Waals surface area contributed by atoms with E-state index in [1.807, 2.05) is 45.1 Å². The predicted molar refractivity (Wildman–Crippen MR) is 111 cm³/mol. The van der Waals surface area contributed by atoms with E-state index in [4.69, 9.17) is 0 Å². The van der Waals surface area contributed by atoms with Crippen LogP contribution < -0.4 is 5.32 Å². The van der Waals surface area contributed by atoms with E-state index >= 15 is 0 Å². The second-order valence-corrected chi connectivity index (χ2v) is 7.34. The van der Waals surface area contributed by atoms with Gasteiger partial charge in [0.1, 0.15) is 17.8 Å². The van der Waals surface area contributed by atoms with E-state index in [2.05, 4.69) is 19.9 Å². The molecule has 1 amide bonds. The van der Waals surface area contributed by atoms with Gasteiger partial charge in [0.2, 0.25) is 0 Å². The van der Waals surface area contributed by atoms with E-state index in [1.165, 1.54) is 6.33 Å². The molecule has 28 heavy (non-hydrogen) atoms. The first-order valence-electron chi connectivity index (χ1n) is 9.17. The van der Waals surface area contributed by atoms with Gasteiger partial charge in [-0.1, -0.05) is 0 Å². The summed E-state index contributed by atoms with van der Waals surface area (Å²) in [5.41, 5.74) is 4.15. The van der Waals surface area contributed by atoms with Crippen molar-refractivity contribution in [3.63, 3.8) is 0 Å². The summed E-state index contributed by atoms with van der Waals surface area (Å²) in [6, 6.07) is 7.29. The first-order valence-corrected chi connectivity index (χ1v) is 9.17. The van der Waals surface area contributed by atoms with Crippen molar-refractivity contribution in [3.8, 4) is 5.75 Å². The van der Waals surface area contributed by atoms with Crippen molar-refractivity contribution >= 4 is 38.6 Å². The number of aryl methyl sites for hydroxylation is 2. The van der Waals surface area contributed by atoms with Gasteiger partial charge in [-0.15, -0.1) is 0 Å². The molecule has 2 aromatic heterocycles. The maximum Gasteiger partial charge on any atom is 0.270 e. The van der Waals surface area contributed by atoms with Crippen LogP contribution in [-0.2, 0) is 7.05 Å². The largest absolute Gasteiger partial charge is 0.508 e. The molecule has 0 unspecified atom stereocenters. The Kier molecular flexibility index (Phi) is 4.39. The molecule has 0 aliphatic heterocycles. The average molecular weight is 377 g/mol. The van der Waals surface area contributed by atoms with E-state index in [9.17, 15) is 9.90 Å². The minimum absolute atomic E-state index is 0.212. The van der Waals surface area contributed by atoms with Gasteiger partial charge < -0.3 is 19.9 Å². The molecular weight excluding hydrogens is 354 g/mol. The Labute approximate surface area is 162 Å². The van der Waals surface area contributed by atoms with Crippen LogP contribution >= 0.6 is 0 Å². The van der Waals surface area contributed by atoms with Gasteiger partial charge >= 0.3 is 0 Å². The first kappa shape index (κ1) is 18.2. The summed E-state index contributed by atoms with van der Waals surface area (Å²) in [4.78, 5) is 23.5. The van der Waals surface area contributed by atoms with Gasteiger partial charge in [-0.2, -0.15) is 0 Å². The standard InChI is InChI=1S/C21H23N5O2/c1-12-18-16(19(24-11-23-18)21(28)22-7-8-25(2)3)10-15-14-9-13(27)5-6-17(14)26(4)20(12)15/h5-6,9-11,27H,7-8H2,1-4H3,(H,22,28). The summed E-state index contributed by atoms with van der Waals surface area (Å²) >= 11 is 0. The fourth-order valence-corrected chi connectivity index (χ4v) is 3.81. The van der Waals surface area contributed by atoms with Crippen molar-refractivity contribution in [1.29, 1.82) is 0 Å². The molecule has 0 saturated heterocycles. The molecule has 144 valence electrons. The zero-order valence-electron chi connectivity index (χ0n) is 16.4. The molecule has 4 aromatic rings. The number of rotatable bonds is 4. The van der Waals surface area contributed by atoms with Gasteiger partial charge in [-0.3, -0.25) is 4.79 Å². The molecule has 0 fully saturated rings. The number of hydrogen-bond donors (Lipinski definition) is 2. The summed E-state index contributed by atoms with van der Waals surface area (Å²) in [7, 11) is 5.92. The third kappa shape index (κ3) is 2.84. The van der Waals surface area contributed by atoms with Crippen LogP contribution in [0, 0.1) is 6.92 Å². The van der Waals surface area contributed by atoms with Crippen molar-refractivity contribution in [1.82, 2.24) is 24.8 Å². The minimum atomic E-state index is -0.212. The lowest BCUT2D eigenvalue weighted by Gasteiger charge is -2.12. The van der Waals surface area contributed by atoms with Gasteiger partial charge in [0, 0.05) is 41.8 Å². The first-order chi connectivity index (χ1) is 13.4. The normalized spacial score (nSPS) is 11.8. The molecule has 0 radical (unpaired) electrons. The number of fused-ring (bicyclic) bond motifs is 4. The van der Waals surface area contributed by atoms with Crippen LogP contribution in [0.25, 0.3) is 32.7 Å². The lowest BCUT2D eigenvalue weighted by atomic mass is 10.0. The number of benzene rings is 2. The number of carbonyl (C=O) groups excluding carboxylic acids is 1. The van der Waals surface area contributed by atoms with Crippen LogP contribution in [-0.4, -0.2) is 57.6 Å². The monoisotopic (exact) mass is 377 g/mol. The molecule has 0 aliphatic rings. The van der Waals surface area contributed by atoms with E-state index in [0.29, 0.717) is 17.6 Å². The molecule has 4 rings (SSSR count). The van der Waals surface area contributed by atoms with E-state index in [0.717, 1.165) is 39.4 Å². The Hall–Kier alpha value is -3.19. The third-order valence-electron chi connectivity index (χ3n) is 5.16. The Morgan fingerprint density at radius 3 is 2.71 bits per heavy atom. The maximum absolute atomic E-state index is 12.7. The number of aromatic nitrogens is 3. The van der Waals surface area contributed by atoms with Crippen LogP contribution in [0.4, 0.5) is 0 Å². The summed E-state index contributed by atoms with van der Waals surface area (Å²) < 4.78 is 2.10. The fourth-order valence-electron chi connectivity index (χ4n) is 3.81. The summed E-state index contributed by atoms with van der Waals surface area (Å²) in [6.07, 6.45) is 1.44. The zero-order valence-corrected chi connectivity index (χ0v) is 16.4. The highest BCUT2D eigenvalue weighted by molar-refractivity contribution is 6.16. The molecule has 0 atom stereocenters. The lowest BCUT2D eigenvalue weighted by Crippen LogP contribution is -2.32. The van der Waals surface area contributed by atoms with Crippen LogP contribution in [0.3, 0.4) is 0 Å². The van der Waals surface area contributed by atoms with E-state index in [1.54, 1.807) is 12.1 Å². The number of phenolic OH excluding ortho intramolecular Hbond substituents is 1. The molecule has 0 spiro atoms. The zero-order chi connectivity index (χ0) is 20.0. The Bertz CT molecular complexity index is 1230. The molecule has 2 N–H and O–H groups in total. The summed E-state index contributed by atoms with van der Waals surface area (Å²) in [5, 5.41) is 15.5. The highest BCUT2D eigenvalue weighted by atomic mass is 16.3. The average Bonchev–Trinajstić information content (AvgIpc) is 2.93. The van der Waals surface area contributed by atoms with Crippen molar-refractivity contribution in [2.24, 2.45) is 7.05 Å². The van der Waals surface area contributed by atoms with Crippen LogP contribution in [0.2, 0.25) is 0 Å². The quantitative estimate of drug-likeness (QED) is 0.571. The van der Waals surface area contributed by atoms with Crippen LogP contribution in [0.15, 0.2) is 30.6 Å². The molecule has 2 aromatic carbocycles. The molecule has 2 heterocycles.